The fraction of sp³-hybridized carbons (Fsp3) is 0.625. The summed E-state index contributed by atoms with van der Waals surface area (Å²) in [5, 5.41) is 10.7. The van der Waals surface area contributed by atoms with Crippen LogP contribution in [0, 0.1) is 5.82 Å². The first-order valence-corrected chi connectivity index (χ1v) is 9.48. The molecule has 1 unspecified atom stereocenters. The van der Waals surface area contributed by atoms with Gasteiger partial charge in [0, 0.05) is 26.2 Å². The summed E-state index contributed by atoms with van der Waals surface area (Å²) >= 11 is 0. The van der Waals surface area contributed by atoms with Crippen molar-refractivity contribution in [3.8, 4) is 0 Å². The van der Waals surface area contributed by atoms with E-state index in [0.29, 0.717) is 32.5 Å². The third-order valence-corrected chi connectivity index (χ3v) is 6.11. The van der Waals surface area contributed by atoms with Crippen LogP contribution in [-0.4, -0.2) is 60.8 Å². The van der Waals surface area contributed by atoms with Gasteiger partial charge in [-0.3, -0.25) is 4.90 Å². The SMILES string of the molecule is CCCS(=O)(=O)N1CCC(O)(CN(C)Cc2ccc(F)cc2)C1. The monoisotopic (exact) mass is 344 g/mol. The molecule has 5 nitrogen and oxygen atoms in total. The van der Waals surface area contributed by atoms with Gasteiger partial charge in [0.25, 0.3) is 0 Å². The third-order valence-electron chi connectivity index (χ3n) is 4.08. The van der Waals surface area contributed by atoms with E-state index >= 15 is 0 Å². The molecule has 1 fully saturated rings. The molecule has 0 amide bonds. The van der Waals surface area contributed by atoms with Gasteiger partial charge in [0.05, 0.1) is 11.4 Å². The summed E-state index contributed by atoms with van der Waals surface area (Å²) in [7, 11) is -1.40. The van der Waals surface area contributed by atoms with Crippen molar-refractivity contribution in [3.63, 3.8) is 0 Å². The first kappa shape index (κ1) is 18.3. The number of hydrogen-bond acceptors (Lipinski definition) is 4. The molecule has 0 saturated carbocycles. The Labute approximate surface area is 137 Å². The van der Waals surface area contributed by atoms with Crippen molar-refractivity contribution in [3.05, 3.63) is 35.6 Å². The lowest BCUT2D eigenvalue weighted by Crippen LogP contribution is -2.44. The van der Waals surface area contributed by atoms with Crippen LogP contribution in [0.15, 0.2) is 24.3 Å². The van der Waals surface area contributed by atoms with Gasteiger partial charge in [-0.05, 0) is 37.6 Å². The Hall–Kier alpha value is -1.02. The minimum atomic E-state index is -3.27. The van der Waals surface area contributed by atoms with Gasteiger partial charge in [0.15, 0.2) is 0 Å². The van der Waals surface area contributed by atoms with Crippen molar-refractivity contribution >= 4 is 10.0 Å². The fourth-order valence-corrected chi connectivity index (χ4v) is 4.61. The van der Waals surface area contributed by atoms with E-state index in [2.05, 4.69) is 0 Å². The van der Waals surface area contributed by atoms with Crippen molar-refractivity contribution < 1.29 is 17.9 Å². The normalized spacial score (nSPS) is 22.8. The predicted octanol–water partition coefficient (Wildman–Crippen LogP) is 1.43. The molecular formula is C16H25FN2O3S. The predicted molar refractivity (Wildman–Crippen MR) is 88.0 cm³/mol. The number of likely N-dealkylation sites (N-methyl/N-ethyl adjacent to an activating group) is 1. The minimum absolute atomic E-state index is 0.120. The van der Waals surface area contributed by atoms with Gasteiger partial charge in [0.1, 0.15) is 5.82 Å². The molecule has 130 valence electrons. The van der Waals surface area contributed by atoms with Crippen molar-refractivity contribution in [2.45, 2.75) is 31.9 Å². The molecule has 1 aliphatic rings. The molecule has 1 aromatic carbocycles. The maximum Gasteiger partial charge on any atom is 0.214 e. The van der Waals surface area contributed by atoms with Crippen LogP contribution in [-0.2, 0) is 16.6 Å². The van der Waals surface area contributed by atoms with Gasteiger partial charge < -0.3 is 5.11 Å². The maximum atomic E-state index is 12.9. The van der Waals surface area contributed by atoms with Gasteiger partial charge in [-0.15, -0.1) is 0 Å². The summed E-state index contributed by atoms with van der Waals surface area (Å²) in [4.78, 5) is 1.93. The largest absolute Gasteiger partial charge is 0.387 e. The van der Waals surface area contributed by atoms with Crippen molar-refractivity contribution in [1.82, 2.24) is 9.21 Å². The second-order valence-electron chi connectivity index (χ2n) is 6.42. The minimum Gasteiger partial charge on any atom is -0.387 e. The van der Waals surface area contributed by atoms with E-state index in [9.17, 15) is 17.9 Å². The number of hydrogen-bond donors (Lipinski definition) is 1. The Morgan fingerprint density at radius 3 is 2.61 bits per heavy atom. The van der Waals surface area contributed by atoms with Gasteiger partial charge in [-0.1, -0.05) is 19.1 Å². The molecule has 1 aromatic rings. The standard InChI is InChI=1S/C16H25FN2O3S/c1-3-10-23(21,22)19-9-8-16(20,13-19)12-18(2)11-14-4-6-15(17)7-5-14/h4-7,20H,3,8-13H2,1-2H3. The zero-order valence-corrected chi connectivity index (χ0v) is 14.5. The zero-order chi connectivity index (χ0) is 17.1. The van der Waals surface area contributed by atoms with Crippen LogP contribution in [0.4, 0.5) is 4.39 Å². The lowest BCUT2D eigenvalue weighted by atomic mass is 10.0. The van der Waals surface area contributed by atoms with E-state index in [0.717, 1.165) is 5.56 Å². The molecule has 1 saturated heterocycles. The molecule has 1 N–H and O–H groups in total. The molecule has 23 heavy (non-hydrogen) atoms. The van der Waals surface area contributed by atoms with Crippen LogP contribution in [0.2, 0.25) is 0 Å². The fourth-order valence-electron chi connectivity index (χ4n) is 3.03. The van der Waals surface area contributed by atoms with Crippen molar-refractivity contribution in [2.75, 3.05) is 32.4 Å². The van der Waals surface area contributed by atoms with Crippen LogP contribution < -0.4 is 0 Å². The first-order chi connectivity index (χ1) is 10.7. The number of aliphatic hydroxyl groups is 1. The lowest BCUT2D eigenvalue weighted by Gasteiger charge is -2.29. The Balaban J connectivity index is 1.93. The summed E-state index contributed by atoms with van der Waals surface area (Å²) in [5.74, 6) is -0.156. The zero-order valence-electron chi connectivity index (χ0n) is 13.7. The second-order valence-corrected chi connectivity index (χ2v) is 8.51. The summed E-state index contributed by atoms with van der Waals surface area (Å²) in [6, 6.07) is 6.24. The number of benzene rings is 1. The summed E-state index contributed by atoms with van der Waals surface area (Å²) in [6.45, 7) is 3.29. The van der Waals surface area contributed by atoms with Gasteiger partial charge in [0.2, 0.25) is 10.0 Å². The third kappa shape index (κ3) is 4.97. The number of halogens is 1. The maximum absolute atomic E-state index is 12.9. The molecule has 0 spiro atoms. The van der Waals surface area contributed by atoms with Crippen molar-refractivity contribution in [2.24, 2.45) is 0 Å². The molecular weight excluding hydrogens is 319 g/mol. The molecule has 0 aromatic heterocycles. The molecule has 1 heterocycles. The van der Waals surface area contributed by atoms with Gasteiger partial charge in [-0.2, -0.15) is 4.31 Å². The quantitative estimate of drug-likeness (QED) is 0.813. The van der Waals surface area contributed by atoms with Gasteiger partial charge >= 0.3 is 0 Å². The average Bonchev–Trinajstić information content (AvgIpc) is 2.84. The Kier molecular flexibility index (Phi) is 5.78. The topological polar surface area (TPSA) is 60.9 Å². The second kappa shape index (κ2) is 7.25. The van der Waals surface area contributed by atoms with Crippen LogP contribution in [0.1, 0.15) is 25.3 Å². The lowest BCUT2D eigenvalue weighted by molar-refractivity contribution is 0.0219. The number of sulfonamides is 1. The molecule has 7 heteroatoms. The summed E-state index contributed by atoms with van der Waals surface area (Å²) in [6.07, 6.45) is 1.01. The average molecular weight is 344 g/mol. The Morgan fingerprint density at radius 2 is 2.00 bits per heavy atom. The highest BCUT2D eigenvalue weighted by Crippen LogP contribution is 2.25. The van der Waals surface area contributed by atoms with Crippen LogP contribution in [0.3, 0.4) is 0 Å². The van der Waals surface area contributed by atoms with Crippen molar-refractivity contribution in [1.29, 1.82) is 0 Å². The van der Waals surface area contributed by atoms with E-state index < -0.39 is 15.6 Å². The van der Waals surface area contributed by atoms with E-state index in [-0.39, 0.29) is 18.1 Å². The highest BCUT2D eigenvalue weighted by atomic mass is 32.2. The molecule has 0 radical (unpaired) electrons. The highest BCUT2D eigenvalue weighted by molar-refractivity contribution is 7.89. The first-order valence-electron chi connectivity index (χ1n) is 7.87. The highest BCUT2D eigenvalue weighted by Gasteiger charge is 2.41. The Bertz CT molecular complexity index is 621. The van der Waals surface area contributed by atoms with E-state index in [4.69, 9.17) is 0 Å². The van der Waals surface area contributed by atoms with E-state index in [1.807, 2.05) is 18.9 Å². The van der Waals surface area contributed by atoms with Crippen LogP contribution >= 0.6 is 0 Å². The number of rotatable bonds is 7. The number of β-amino-alcohol motifs (C(OH)–C–C–N with tert-alkyl or cyclic N) is 1. The van der Waals surface area contributed by atoms with E-state index in [1.54, 1.807) is 12.1 Å². The Morgan fingerprint density at radius 1 is 1.35 bits per heavy atom. The summed E-state index contributed by atoms with van der Waals surface area (Å²) in [5.41, 5.74) is -0.0822. The van der Waals surface area contributed by atoms with Crippen LogP contribution in [0.25, 0.3) is 0 Å². The number of nitrogens with zero attached hydrogens (tertiary/aromatic N) is 2. The summed E-state index contributed by atoms with van der Waals surface area (Å²) < 4.78 is 38.5. The molecule has 0 aliphatic carbocycles. The van der Waals surface area contributed by atoms with Gasteiger partial charge in [-0.25, -0.2) is 12.8 Å². The smallest absolute Gasteiger partial charge is 0.214 e. The molecule has 1 aliphatic heterocycles. The molecule has 2 rings (SSSR count). The molecule has 0 bridgehead atoms. The molecule has 1 atom stereocenters. The van der Waals surface area contributed by atoms with E-state index in [1.165, 1.54) is 16.4 Å². The van der Waals surface area contributed by atoms with Crippen LogP contribution in [0.5, 0.6) is 0 Å².